The summed E-state index contributed by atoms with van der Waals surface area (Å²) in [5, 5.41) is 10.3. The van der Waals surface area contributed by atoms with Crippen LogP contribution >= 0.6 is 0 Å². The van der Waals surface area contributed by atoms with Crippen LogP contribution in [0, 0.1) is 20.8 Å². The van der Waals surface area contributed by atoms with E-state index in [2.05, 4.69) is 63.6 Å². The lowest BCUT2D eigenvalue weighted by Gasteiger charge is -2.14. The molecule has 0 saturated carbocycles. The number of carbonyl (C=O) groups is 1. The van der Waals surface area contributed by atoms with Crippen molar-refractivity contribution in [3.8, 4) is 0 Å². The Kier molecular flexibility index (Phi) is 9.45. The van der Waals surface area contributed by atoms with Crippen LogP contribution < -0.4 is 0 Å². The molecule has 0 saturated heterocycles. The van der Waals surface area contributed by atoms with Gasteiger partial charge in [-0.25, -0.2) is 9.78 Å². The van der Waals surface area contributed by atoms with Gasteiger partial charge in [-0.2, -0.15) is 0 Å². The molecule has 8 bridgehead atoms. The zero-order chi connectivity index (χ0) is 31.7. The highest BCUT2D eigenvalue weighted by molar-refractivity contribution is 6.02. The molecule has 2 aliphatic rings. The van der Waals surface area contributed by atoms with Gasteiger partial charge in [0, 0.05) is 51.9 Å². The van der Waals surface area contributed by atoms with E-state index in [0.717, 1.165) is 93.0 Å². The molecule has 0 aliphatic carbocycles. The van der Waals surface area contributed by atoms with Gasteiger partial charge in [-0.1, -0.05) is 47.0 Å². The standard InChI is InChI=1S/C37H48N4O3/c1-9-12-13-14-15-44-19-27-22(6)28-16-30-21(5)26(11-3)35(40-30)24(8)36-34(37(42)43)23(7)31(41-36)18-32-25(10-2)20(4)29(38-32)17-33(27)39-28/h16-18,21,26,39,41H,9-15,19H2,1-8H3,(H,42,43)/t21-,26-/m0/s1. The first-order valence-corrected chi connectivity index (χ1v) is 16.4. The molecule has 3 N–H and O–H groups in total. The van der Waals surface area contributed by atoms with Crippen LogP contribution in [-0.2, 0) is 11.3 Å². The minimum atomic E-state index is -0.938. The van der Waals surface area contributed by atoms with Gasteiger partial charge in [0.25, 0.3) is 0 Å². The molecule has 0 amide bonds. The number of carboxylic acids is 1. The smallest absolute Gasteiger partial charge is 0.338 e. The Labute approximate surface area is 261 Å². The Morgan fingerprint density at radius 2 is 1.61 bits per heavy atom. The number of aromatic nitrogens is 4. The molecule has 44 heavy (non-hydrogen) atoms. The fourth-order valence-corrected chi connectivity index (χ4v) is 6.97. The van der Waals surface area contributed by atoms with Crippen molar-refractivity contribution in [2.45, 2.75) is 112 Å². The van der Waals surface area contributed by atoms with Crippen LogP contribution in [-0.4, -0.2) is 37.6 Å². The number of aromatic amines is 2. The normalized spacial score (nSPS) is 16.6. The van der Waals surface area contributed by atoms with E-state index in [0.29, 0.717) is 23.3 Å². The van der Waals surface area contributed by atoms with Crippen LogP contribution in [0.25, 0.3) is 33.2 Å². The zero-order valence-electron chi connectivity index (χ0n) is 27.7. The zero-order valence-corrected chi connectivity index (χ0v) is 27.7. The monoisotopic (exact) mass is 596 g/mol. The van der Waals surface area contributed by atoms with Gasteiger partial charge in [-0.15, -0.1) is 0 Å². The SMILES string of the molecule is CCCCCCOCc1c(C)c2cc3nc(c(C)c4[nH]c(cc5nc(cc1[nH]2)C(C)=C5CC)c(C)c4C(=O)O)[C@@H](CC)[C@@H]3C. The second-order valence-electron chi connectivity index (χ2n) is 12.5. The summed E-state index contributed by atoms with van der Waals surface area (Å²) in [5.41, 5.74) is 13.7. The maximum Gasteiger partial charge on any atom is 0.338 e. The second kappa shape index (κ2) is 13.1. The van der Waals surface area contributed by atoms with Gasteiger partial charge in [0.15, 0.2) is 0 Å². The summed E-state index contributed by atoms with van der Waals surface area (Å²) in [7, 11) is 0. The number of nitrogens with one attached hydrogen (secondary N) is 2. The molecule has 2 atom stereocenters. The molecular weight excluding hydrogens is 548 g/mol. The minimum Gasteiger partial charge on any atom is -0.478 e. The largest absolute Gasteiger partial charge is 0.478 e. The molecule has 3 aromatic rings. The molecule has 0 spiro atoms. The Bertz CT molecular complexity index is 1770. The fourth-order valence-electron chi connectivity index (χ4n) is 6.97. The van der Waals surface area contributed by atoms with Crippen molar-refractivity contribution in [2.24, 2.45) is 0 Å². The van der Waals surface area contributed by atoms with Crippen molar-refractivity contribution in [1.82, 2.24) is 19.9 Å². The minimum absolute atomic E-state index is 0.190. The predicted molar refractivity (Wildman–Crippen MR) is 180 cm³/mol. The van der Waals surface area contributed by atoms with Crippen molar-refractivity contribution in [3.05, 3.63) is 68.8 Å². The van der Waals surface area contributed by atoms with Crippen LogP contribution in [0.5, 0.6) is 0 Å². The van der Waals surface area contributed by atoms with E-state index in [1.54, 1.807) is 0 Å². The highest BCUT2D eigenvalue weighted by Crippen LogP contribution is 2.41. The molecular formula is C37H48N4O3. The molecule has 3 aromatic heterocycles. The number of hydrogen-bond donors (Lipinski definition) is 3. The van der Waals surface area contributed by atoms with E-state index in [9.17, 15) is 9.90 Å². The van der Waals surface area contributed by atoms with E-state index in [1.165, 1.54) is 19.3 Å². The summed E-state index contributed by atoms with van der Waals surface area (Å²) in [4.78, 5) is 30.1. The topological polar surface area (TPSA) is 104 Å². The maximum atomic E-state index is 12.6. The van der Waals surface area contributed by atoms with Gasteiger partial charge in [0.2, 0.25) is 0 Å². The number of rotatable bonds is 10. The third kappa shape index (κ3) is 5.74. The number of allylic oxidation sites excluding steroid dienone is 2. The Morgan fingerprint density at radius 3 is 2.30 bits per heavy atom. The maximum absolute atomic E-state index is 12.6. The number of aromatic carboxylic acids is 1. The summed E-state index contributed by atoms with van der Waals surface area (Å²) >= 11 is 0. The number of unbranched alkanes of at least 4 members (excludes halogenated alkanes) is 3. The molecule has 0 fully saturated rings. The number of carboxylic acid groups (broad SMARTS) is 1. The molecule has 234 valence electrons. The number of hydrogen-bond acceptors (Lipinski definition) is 4. The quantitative estimate of drug-likeness (QED) is 0.202. The van der Waals surface area contributed by atoms with Gasteiger partial charge >= 0.3 is 5.97 Å². The van der Waals surface area contributed by atoms with E-state index >= 15 is 0 Å². The number of ether oxygens (including phenoxy) is 1. The molecule has 7 nitrogen and oxygen atoms in total. The third-order valence-corrected chi connectivity index (χ3v) is 9.81. The fraction of sp³-hybridized carbons (Fsp3) is 0.486. The van der Waals surface area contributed by atoms with Crippen LogP contribution in [0.2, 0.25) is 0 Å². The van der Waals surface area contributed by atoms with E-state index < -0.39 is 5.97 Å². The Morgan fingerprint density at radius 1 is 0.886 bits per heavy atom. The molecule has 0 unspecified atom stereocenters. The third-order valence-electron chi connectivity index (χ3n) is 9.81. The summed E-state index contributed by atoms with van der Waals surface area (Å²) < 4.78 is 6.23. The van der Waals surface area contributed by atoms with Crippen molar-refractivity contribution in [2.75, 3.05) is 6.61 Å². The molecule has 7 heteroatoms. The molecule has 5 heterocycles. The molecule has 5 rings (SSSR count). The van der Waals surface area contributed by atoms with Gasteiger partial charge < -0.3 is 19.8 Å². The molecule has 0 radical (unpaired) electrons. The van der Waals surface area contributed by atoms with E-state index in [4.69, 9.17) is 14.7 Å². The van der Waals surface area contributed by atoms with Crippen molar-refractivity contribution in [3.63, 3.8) is 0 Å². The van der Waals surface area contributed by atoms with Crippen molar-refractivity contribution in [1.29, 1.82) is 0 Å². The molecule has 2 aliphatic heterocycles. The summed E-state index contributed by atoms with van der Waals surface area (Å²) in [6.45, 7) is 18.2. The average molecular weight is 597 g/mol. The van der Waals surface area contributed by atoms with Gasteiger partial charge in [0.05, 0.1) is 29.1 Å². The van der Waals surface area contributed by atoms with Crippen LogP contribution in [0.4, 0.5) is 0 Å². The van der Waals surface area contributed by atoms with Crippen LogP contribution in [0.3, 0.4) is 0 Å². The first kappa shape index (κ1) is 31.7. The lowest BCUT2D eigenvalue weighted by molar-refractivity contribution is 0.0698. The molecule has 0 aromatic carbocycles. The Hall–Kier alpha value is -3.71. The average Bonchev–Trinajstić information content (AvgIpc) is 3.68. The van der Waals surface area contributed by atoms with Crippen molar-refractivity contribution < 1.29 is 14.6 Å². The summed E-state index contributed by atoms with van der Waals surface area (Å²) in [5.74, 6) is -0.556. The number of nitrogens with zero attached hydrogens (tertiary/aromatic N) is 2. The predicted octanol–water partition coefficient (Wildman–Crippen LogP) is 9.67. The summed E-state index contributed by atoms with van der Waals surface area (Å²) in [6, 6.07) is 6.35. The Balaban J connectivity index is 1.84. The highest BCUT2D eigenvalue weighted by Gasteiger charge is 2.30. The first-order chi connectivity index (χ1) is 21.1. The van der Waals surface area contributed by atoms with Gasteiger partial charge in [-0.3, -0.25) is 4.98 Å². The lowest BCUT2D eigenvalue weighted by atomic mass is 9.87. The first-order valence-electron chi connectivity index (χ1n) is 16.4. The number of H-pyrrole nitrogens is 2. The van der Waals surface area contributed by atoms with Gasteiger partial charge in [-0.05, 0) is 93.0 Å². The second-order valence-corrected chi connectivity index (χ2v) is 12.5. The number of fused-ring (bicyclic) bond motifs is 8. The van der Waals surface area contributed by atoms with Crippen molar-refractivity contribution >= 4 is 39.2 Å². The van der Waals surface area contributed by atoms with Crippen LogP contribution in [0.15, 0.2) is 18.2 Å². The highest BCUT2D eigenvalue weighted by atomic mass is 16.5. The van der Waals surface area contributed by atoms with E-state index in [1.807, 2.05) is 19.9 Å². The van der Waals surface area contributed by atoms with Gasteiger partial charge in [0.1, 0.15) is 0 Å². The summed E-state index contributed by atoms with van der Waals surface area (Å²) in [6.07, 6.45) is 6.45. The lowest BCUT2D eigenvalue weighted by Crippen LogP contribution is -2.03. The number of aryl methyl sites for hydroxylation is 3. The van der Waals surface area contributed by atoms with E-state index in [-0.39, 0.29) is 11.8 Å². The van der Waals surface area contributed by atoms with Crippen LogP contribution in [0.1, 0.15) is 140 Å².